The molecule has 0 bridgehead atoms. The van der Waals surface area contributed by atoms with Crippen LogP contribution < -0.4 is 5.32 Å². The zero-order valence-electron chi connectivity index (χ0n) is 13.1. The number of benzene rings is 1. The Balaban J connectivity index is 0.00000200. The second kappa shape index (κ2) is 10.1. The van der Waals surface area contributed by atoms with E-state index in [0.717, 1.165) is 26.2 Å². The van der Waals surface area contributed by atoms with Crippen LogP contribution in [0.25, 0.3) is 0 Å². The second-order valence-electron chi connectivity index (χ2n) is 5.64. The summed E-state index contributed by atoms with van der Waals surface area (Å²) in [5.41, 5.74) is 2.76. The first kappa shape index (κ1) is 21.2. The topological polar surface area (TPSA) is 15.3 Å². The number of hydrogen-bond donors (Lipinski definition) is 1. The van der Waals surface area contributed by atoms with E-state index >= 15 is 0 Å². The molecule has 2 rings (SSSR count). The van der Waals surface area contributed by atoms with Gasteiger partial charge in [0.2, 0.25) is 0 Å². The van der Waals surface area contributed by atoms with Crippen LogP contribution in [-0.4, -0.2) is 31.1 Å². The first-order valence-electron chi connectivity index (χ1n) is 7.34. The van der Waals surface area contributed by atoms with Crippen LogP contribution >= 0.6 is 40.7 Å². The van der Waals surface area contributed by atoms with E-state index in [2.05, 4.69) is 65.1 Å². The van der Waals surface area contributed by atoms with E-state index in [9.17, 15) is 0 Å². The monoisotopic (exact) mass is 396 g/mol. The van der Waals surface area contributed by atoms with Gasteiger partial charge in [-0.15, -0.1) is 24.8 Å². The molecule has 1 aliphatic heterocycles. The molecule has 0 amide bonds. The minimum absolute atomic E-state index is 0. The molecule has 5 heteroatoms. The highest BCUT2D eigenvalue weighted by Crippen LogP contribution is 2.35. The maximum Gasteiger partial charge on any atom is 0.0385 e. The fourth-order valence-corrected chi connectivity index (χ4v) is 3.65. The van der Waals surface area contributed by atoms with Crippen molar-refractivity contribution in [2.24, 2.45) is 5.92 Å². The lowest BCUT2D eigenvalue weighted by Gasteiger charge is -2.39. The van der Waals surface area contributed by atoms with Crippen LogP contribution in [0.15, 0.2) is 22.7 Å². The number of halogens is 3. The van der Waals surface area contributed by atoms with Crippen molar-refractivity contribution in [3.8, 4) is 0 Å². The van der Waals surface area contributed by atoms with E-state index in [1.54, 1.807) is 0 Å². The van der Waals surface area contributed by atoms with Crippen molar-refractivity contribution >= 4 is 40.7 Å². The summed E-state index contributed by atoms with van der Waals surface area (Å²) in [6.45, 7) is 11.3. The van der Waals surface area contributed by atoms with Crippen LogP contribution in [0.1, 0.15) is 37.4 Å². The third-order valence-corrected chi connectivity index (χ3v) is 4.89. The predicted molar refractivity (Wildman–Crippen MR) is 100 cm³/mol. The smallest absolute Gasteiger partial charge is 0.0385 e. The summed E-state index contributed by atoms with van der Waals surface area (Å²) >= 11 is 3.77. The van der Waals surface area contributed by atoms with Gasteiger partial charge in [-0.3, -0.25) is 4.90 Å². The summed E-state index contributed by atoms with van der Waals surface area (Å²) in [7, 11) is 0. The minimum Gasteiger partial charge on any atom is -0.314 e. The Bertz CT molecular complexity index is 423. The van der Waals surface area contributed by atoms with Crippen LogP contribution in [-0.2, 0) is 0 Å². The van der Waals surface area contributed by atoms with Gasteiger partial charge in [-0.05, 0) is 30.0 Å². The Labute approximate surface area is 150 Å². The molecule has 1 fully saturated rings. The first-order chi connectivity index (χ1) is 9.13. The van der Waals surface area contributed by atoms with Crippen LogP contribution in [0.5, 0.6) is 0 Å². The SMILES string of the molecule is CCC(C)[C@H](c1ccc(C)cc1Br)N1CCNCC1.Cl.Cl. The van der Waals surface area contributed by atoms with Crippen LogP contribution in [0, 0.1) is 12.8 Å². The summed E-state index contributed by atoms with van der Waals surface area (Å²) in [5.74, 6) is 0.678. The molecule has 2 nitrogen and oxygen atoms in total. The van der Waals surface area contributed by atoms with Crippen molar-refractivity contribution in [3.63, 3.8) is 0 Å². The van der Waals surface area contributed by atoms with Crippen molar-refractivity contribution in [2.75, 3.05) is 26.2 Å². The Kier molecular flexibility index (Phi) is 10.2. The summed E-state index contributed by atoms with van der Waals surface area (Å²) in [4.78, 5) is 2.64. The number of hydrogen-bond acceptors (Lipinski definition) is 2. The van der Waals surface area contributed by atoms with Crippen LogP contribution in [0.4, 0.5) is 0 Å². The Morgan fingerprint density at radius 2 is 1.86 bits per heavy atom. The molecule has 0 aromatic heterocycles. The van der Waals surface area contributed by atoms with Crippen LogP contribution in [0.3, 0.4) is 0 Å². The lowest BCUT2D eigenvalue weighted by atomic mass is 9.90. The molecule has 0 spiro atoms. The van der Waals surface area contributed by atoms with Gasteiger partial charge in [0, 0.05) is 36.7 Å². The fourth-order valence-electron chi connectivity index (χ4n) is 2.92. The quantitative estimate of drug-likeness (QED) is 0.798. The van der Waals surface area contributed by atoms with Crippen LogP contribution in [0.2, 0.25) is 0 Å². The average molecular weight is 398 g/mol. The van der Waals surface area contributed by atoms with Crippen molar-refractivity contribution in [3.05, 3.63) is 33.8 Å². The minimum atomic E-state index is 0. The van der Waals surface area contributed by atoms with Gasteiger partial charge in [-0.25, -0.2) is 0 Å². The third kappa shape index (κ3) is 5.40. The van der Waals surface area contributed by atoms with E-state index in [1.165, 1.54) is 22.0 Å². The molecular weight excluding hydrogens is 371 g/mol. The summed E-state index contributed by atoms with van der Waals surface area (Å²) in [6, 6.07) is 7.31. The highest BCUT2D eigenvalue weighted by molar-refractivity contribution is 9.10. The van der Waals surface area contributed by atoms with Crippen molar-refractivity contribution < 1.29 is 0 Å². The van der Waals surface area contributed by atoms with Gasteiger partial charge in [0.25, 0.3) is 0 Å². The third-order valence-electron chi connectivity index (χ3n) is 4.20. The molecule has 1 aromatic rings. The van der Waals surface area contributed by atoms with Gasteiger partial charge < -0.3 is 5.32 Å². The Morgan fingerprint density at radius 3 is 2.38 bits per heavy atom. The van der Waals surface area contributed by atoms with E-state index in [0.29, 0.717) is 12.0 Å². The van der Waals surface area contributed by atoms with E-state index in [4.69, 9.17) is 0 Å². The fraction of sp³-hybridized carbons (Fsp3) is 0.625. The van der Waals surface area contributed by atoms with Gasteiger partial charge in [0.05, 0.1) is 0 Å². The molecule has 0 saturated carbocycles. The molecule has 1 heterocycles. The number of rotatable bonds is 4. The molecule has 1 unspecified atom stereocenters. The van der Waals surface area contributed by atoms with E-state index < -0.39 is 0 Å². The molecule has 1 N–H and O–H groups in total. The van der Waals surface area contributed by atoms with Crippen molar-refractivity contribution in [1.29, 1.82) is 0 Å². The number of aryl methyl sites for hydroxylation is 1. The zero-order chi connectivity index (χ0) is 13.8. The van der Waals surface area contributed by atoms with E-state index in [1.807, 2.05) is 0 Å². The molecule has 0 aliphatic carbocycles. The molecule has 1 saturated heterocycles. The van der Waals surface area contributed by atoms with Crippen molar-refractivity contribution in [1.82, 2.24) is 10.2 Å². The molecule has 122 valence electrons. The molecule has 2 atom stereocenters. The van der Waals surface area contributed by atoms with Gasteiger partial charge in [-0.1, -0.05) is 48.3 Å². The normalized spacial score (nSPS) is 18.3. The summed E-state index contributed by atoms with van der Waals surface area (Å²) in [5, 5.41) is 3.45. The summed E-state index contributed by atoms with van der Waals surface area (Å²) in [6.07, 6.45) is 1.22. The molecule has 1 aromatic carbocycles. The lowest BCUT2D eigenvalue weighted by molar-refractivity contribution is 0.128. The molecule has 1 aliphatic rings. The molecular formula is C16H27BrCl2N2. The maximum atomic E-state index is 3.77. The maximum absolute atomic E-state index is 3.77. The number of nitrogens with one attached hydrogen (secondary N) is 1. The number of nitrogens with zero attached hydrogens (tertiary/aromatic N) is 1. The Hall–Kier alpha value is 0.200. The van der Waals surface area contributed by atoms with E-state index in [-0.39, 0.29) is 24.8 Å². The van der Waals surface area contributed by atoms with Gasteiger partial charge >= 0.3 is 0 Å². The Morgan fingerprint density at radius 1 is 1.24 bits per heavy atom. The highest BCUT2D eigenvalue weighted by atomic mass is 79.9. The van der Waals surface area contributed by atoms with Gasteiger partial charge in [0.15, 0.2) is 0 Å². The standard InChI is InChI=1S/C16H25BrN2.2ClH/c1-4-13(3)16(19-9-7-18-8-10-19)14-6-5-12(2)11-15(14)17;;/h5-6,11,13,16,18H,4,7-10H2,1-3H3;2*1H/t13?,16-;;/m1../s1. The van der Waals surface area contributed by atoms with Gasteiger partial charge in [-0.2, -0.15) is 0 Å². The van der Waals surface area contributed by atoms with Gasteiger partial charge in [0.1, 0.15) is 0 Å². The summed E-state index contributed by atoms with van der Waals surface area (Å²) < 4.78 is 1.26. The predicted octanol–water partition coefficient (Wildman–Crippen LogP) is 4.59. The average Bonchev–Trinajstić information content (AvgIpc) is 2.42. The number of piperazine rings is 1. The lowest BCUT2D eigenvalue weighted by Crippen LogP contribution is -2.46. The zero-order valence-corrected chi connectivity index (χ0v) is 16.3. The first-order valence-corrected chi connectivity index (χ1v) is 8.13. The highest BCUT2D eigenvalue weighted by Gasteiger charge is 2.27. The second-order valence-corrected chi connectivity index (χ2v) is 6.50. The van der Waals surface area contributed by atoms with Crippen molar-refractivity contribution in [2.45, 2.75) is 33.2 Å². The molecule has 0 radical (unpaired) electrons. The largest absolute Gasteiger partial charge is 0.314 e. The molecule has 21 heavy (non-hydrogen) atoms.